The molecule has 0 saturated carbocycles. The molecule has 1 aromatic heterocycles. The number of hydrogen-bond acceptors (Lipinski definition) is 5. The molecule has 29 heavy (non-hydrogen) atoms. The molecule has 3 N–H and O–H groups in total. The second kappa shape index (κ2) is 9.86. The summed E-state index contributed by atoms with van der Waals surface area (Å²) in [6.07, 6.45) is 0. The molecule has 0 aliphatic heterocycles. The van der Waals surface area contributed by atoms with Gasteiger partial charge in [0.25, 0.3) is 5.56 Å². The van der Waals surface area contributed by atoms with Crippen LogP contribution in [0.3, 0.4) is 0 Å². The molecule has 1 heterocycles. The van der Waals surface area contributed by atoms with Crippen molar-refractivity contribution in [1.82, 2.24) is 25.7 Å². The predicted molar refractivity (Wildman–Crippen MR) is 123 cm³/mol. The Kier molecular flexibility index (Phi) is 7.24. The van der Waals surface area contributed by atoms with Crippen molar-refractivity contribution >= 4 is 61.8 Å². The molecule has 0 spiro atoms. The largest absolute Gasteiger partial charge is 0.362 e. The van der Waals surface area contributed by atoms with Crippen LogP contribution in [-0.4, -0.2) is 32.9 Å². The van der Waals surface area contributed by atoms with E-state index in [-0.39, 0.29) is 17.2 Å². The van der Waals surface area contributed by atoms with Crippen molar-refractivity contribution in [3.05, 3.63) is 63.4 Å². The van der Waals surface area contributed by atoms with E-state index in [0.717, 1.165) is 4.47 Å². The lowest BCUT2D eigenvalue weighted by molar-refractivity contribution is -0.119. The topological polar surface area (TPSA) is 88.1 Å². The van der Waals surface area contributed by atoms with Gasteiger partial charge in [-0.25, -0.2) is 4.98 Å². The van der Waals surface area contributed by atoms with Gasteiger partial charge >= 0.3 is 0 Å². The first-order valence-corrected chi connectivity index (χ1v) is 10.9. The molecule has 0 aliphatic rings. The fraction of sp³-hybridized carbons (Fsp3) is 0.158. The van der Waals surface area contributed by atoms with Crippen LogP contribution in [0.15, 0.2) is 63.0 Å². The molecule has 0 bridgehead atoms. The number of fused-ring (bicyclic) bond motifs is 1. The van der Waals surface area contributed by atoms with Gasteiger partial charge in [-0.1, -0.05) is 39.8 Å². The van der Waals surface area contributed by atoms with Gasteiger partial charge < -0.3 is 5.32 Å². The number of nitrogens with one attached hydrogen (secondary N) is 3. The van der Waals surface area contributed by atoms with Gasteiger partial charge in [-0.3, -0.25) is 25.0 Å². The number of rotatable bonds is 5. The Hall–Kier alpha value is -2.43. The third-order valence-corrected chi connectivity index (χ3v) is 5.53. The summed E-state index contributed by atoms with van der Waals surface area (Å²) in [7, 11) is 0. The average Bonchev–Trinajstić information content (AvgIpc) is 2.72. The van der Waals surface area contributed by atoms with Crippen molar-refractivity contribution in [2.75, 3.05) is 12.3 Å². The van der Waals surface area contributed by atoms with Gasteiger partial charge in [-0.05, 0) is 55.5 Å². The van der Waals surface area contributed by atoms with Gasteiger partial charge in [0, 0.05) is 11.0 Å². The zero-order valence-corrected chi connectivity index (χ0v) is 18.7. The molecule has 7 nitrogen and oxygen atoms in total. The van der Waals surface area contributed by atoms with Gasteiger partial charge in [0.2, 0.25) is 5.91 Å². The summed E-state index contributed by atoms with van der Waals surface area (Å²) in [5.74, 6) is -0.233. The number of benzene rings is 2. The standard InChI is InChI=1S/C19H18BrN5O2S2/c1-2-21-18(28)24-23-16(26)11-29-19-22-15-6-4-3-5-14(15)17(27)25(19)13-9-7-12(20)8-10-13/h3-10H,2,11H2,1H3,(H,23,26)(H2,21,24,28). The summed E-state index contributed by atoms with van der Waals surface area (Å²) in [6, 6.07) is 14.5. The Morgan fingerprint density at radius 2 is 1.90 bits per heavy atom. The number of aromatic nitrogens is 2. The molecule has 0 aliphatic carbocycles. The number of thioether (sulfide) groups is 1. The normalized spacial score (nSPS) is 10.6. The van der Waals surface area contributed by atoms with Crippen LogP contribution in [0, 0.1) is 0 Å². The number of halogens is 1. The van der Waals surface area contributed by atoms with Crippen LogP contribution in [0.1, 0.15) is 6.92 Å². The van der Waals surface area contributed by atoms with Crippen LogP contribution in [-0.2, 0) is 4.79 Å². The second-order valence-electron chi connectivity index (χ2n) is 5.85. The summed E-state index contributed by atoms with van der Waals surface area (Å²) in [5.41, 5.74) is 6.22. The zero-order valence-electron chi connectivity index (χ0n) is 15.4. The third-order valence-electron chi connectivity index (χ3n) is 3.81. The van der Waals surface area contributed by atoms with E-state index in [2.05, 4.69) is 37.1 Å². The molecule has 0 radical (unpaired) electrons. The maximum atomic E-state index is 13.1. The highest BCUT2D eigenvalue weighted by Crippen LogP contribution is 2.22. The van der Waals surface area contributed by atoms with Crippen molar-refractivity contribution in [1.29, 1.82) is 0 Å². The number of carbonyl (C=O) groups is 1. The fourth-order valence-corrected chi connectivity index (χ4v) is 3.80. The van der Waals surface area contributed by atoms with Crippen molar-refractivity contribution < 1.29 is 4.79 Å². The lowest BCUT2D eigenvalue weighted by atomic mass is 10.2. The van der Waals surface area contributed by atoms with Gasteiger partial charge in [-0.2, -0.15) is 0 Å². The third kappa shape index (κ3) is 5.34. The number of thiocarbonyl (C=S) groups is 1. The summed E-state index contributed by atoms with van der Waals surface area (Å²) in [5, 5.41) is 4.16. The molecule has 0 unspecified atom stereocenters. The molecule has 0 atom stereocenters. The van der Waals surface area contributed by atoms with Crippen molar-refractivity contribution in [2.45, 2.75) is 12.1 Å². The molecule has 10 heteroatoms. The first kappa shape index (κ1) is 21.3. The SMILES string of the molecule is CCNC(=S)NNC(=O)CSc1nc2ccccc2c(=O)n1-c1ccc(Br)cc1. The van der Waals surface area contributed by atoms with E-state index in [1.165, 1.54) is 16.3 Å². The van der Waals surface area contributed by atoms with Crippen molar-refractivity contribution in [2.24, 2.45) is 0 Å². The summed E-state index contributed by atoms with van der Waals surface area (Å²) >= 11 is 9.58. The van der Waals surface area contributed by atoms with Crippen molar-refractivity contribution in [3.63, 3.8) is 0 Å². The van der Waals surface area contributed by atoms with E-state index in [0.29, 0.717) is 33.4 Å². The highest BCUT2D eigenvalue weighted by molar-refractivity contribution is 9.10. The van der Waals surface area contributed by atoms with E-state index in [9.17, 15) is 9.59 Å². The monoisotopic (exact) mass is 491 g/mol. The predicted octanol–water partition coefficient (Wildman–Crippen LogP) is 2.76. The number of carbonyl (C=O) groups excluding carboxylic acids is 1. The van der Waals surface area contributed by atoms with Gasteiger partial charge in [-0.15, -0.1) is 0 Å². The molecular formula is C19H18BrN5O2S2. The molecule has 1 amide bonds. The Bertz CT molecular complexity index is 1100. The fourth-order valence-electron chi connectivity index (χ4n) is 2.52. The summed E-state index contributed by atoms with van der Waals surface area (Å²) in [6.45, 7) is 2.55. The Morgan fingerprint density at radius 3 is 2.62 bits per heavy atom. The smallest absolute Gasteiger partial charge is 0.266 e. The highest BCUT2D eigenvalue weighted by Gasteiger charge is 2.15. The van der Waals surface area contributed by atoms with Gasteiger partial charge in [0.15, 0.2) is 10.3 Å². The molecule has 3 aromatic rings. The summed E-state index contributed by atoms with van der Waals surface area (Å²) in [4.78, 5) is 29.9. The van der Waals surface area contributed by atoms with Crippen LogP contribution in [0.25, 0.3) is 16.6 Å². The first-order chi connectivity index (χ1) is 14.0. The lowest BCUT2D eigenvalue weighted by Crippen LogP contribution is -2.47. The molecule has 2 aromatic carbocycles. The molecule has 3 rings (SSSR count). The average molecular weight is 492 g/mol. The van der Waals surface area contributed by atoms with E-state index in [1.807, 2.05) is 37.3 Å². The highest BCUT2D eigenvalue weighted by atomic mass is 79.9. The number of para-hydroxylation sites is 1. The second-order valence-corrected chi connectivity index (χ2v) is 8.12. The van der Waals surface area contributed by atoms with Crippen LogP contribution < -0.4 is 21.7 Å². The quantitative estimate of drug-likeness (QED) is 0.219. The van der Waals surface area contributed by atoms with Crippen LogP contribution in [0.4, 0.5) is 0 Å². The van der Waals surface area contributed by atoms with Crippen LogP contribution in [0.2, 0.25) is 0 Å². The van der Waals surface area contributed by atoms with Crippen LogP contribution in [0.5, 0.6) is 0 Å². The number of nitrogens with zero attached hydrogens (tertiary/aromatic N) is 2. The van der Waals surface area contributed by atoms with E-state index < -0.39 is 0 Å². The van der Waals surface area contributed by atoms with Crippen LogP contribution >= 0.6 is 39.9 Å². The minimum Gasteiger partial charge on any atom is -0.362 e. The Morgan fingerprint density at radius 1 is 1.17 bits per heavy atom. The summed E-state index contributed by atoms with van der Waals surface area (Å²) < 4.78 is 2.42. The number of hydrogen-bond donors (Lipinski definition) is 3. The molecular weight excluding hydrogens is 474 g/mol. The molecule has 0 saturated heterocycles. The minimum absolute atomic E-state index is 0.0586. The number of hydrazine groups is 1. The Labute approximate surface area is 185 Å². The van der Waals surface area contributed by atoms with Gasteiger partial charge in [0.1, 0.15) is 0 Å². The number of amides is 1. The maximum absolute atomic E-state index is 13.1. The first-order valence-electron chi connectivity index (χ1n) is 8.73. The molecule has 0 fully saturated rings. The molecule has 150 valence electrons. The Balaban J connectivity index is 1.89. The maximum Gasteiger partial charge on any atom is 0.266 e. The van der Waals surface area contributed by atoms with Crippen molar-refractivity contribution in [3.8, 4) is 5.69 Å². The van der Waals surface area contributed by atoms with Gasteiger partial charge in [0.05, 0.1) is 22.3 Å². The zero-order chi connectivity index (χ0) is 20.8. The minimum atomic E-state index is -0.292. The van der Waals surface area contributed by atoms with E-state index in [1.54, 1.807) is 18.2 Å². The van der Waals surface area contributed by atoms with E-state index >= 15 is 0 Å². The lowest BCUT2D eigenvalue weighted by Gasteiger charge is -2.14. The van der Waals surface area contributed by atoms with E-state index in [4.69, 9.17) is 12.2 Å².